The molecule has 1 saturated heterocycles. The highest BCUT2D eigenvalue weighted by atomic mass is 16.5. The molecule has 100 valence electrons. The summed E-state index contributed by atoms with van der Waals surface area (Å²) in [7, 11) is 0. The Morgan fingerprint density at radius 1 is 1.41 bits per heavy atom. The Kier molecular flexibility index (Phi) is 5.21. The number of carbonyl (C=O) groups excluding carboxylic acids is 1. The van der Waals surface area contributed by atoms with Gasteiger partial charge in [-0.25, -0.2) is 4.79 Å². The average Bonchev–Trinajstić information content (AvgIpc) is 2.27. The molecule has 1 atom stereocenters. The standard InChI is InChI=1S/C12H24N2O3/c1-12(2,3)8-10(9-15)13-11(16)14-4-6-17-7-5-14/h10,15H,4-9H2,1-3H3,(H,13,16). The average molecular weight is 244 g/mol. The van der Waals surface area contributed by atoms with E-state index in [-0.39, 0.29) is 24.1 Å². The molecule has 0 aromatic heterocycles. The van der Waals surface area contributed by atoms with Crippen LogP contribution in [0.25, 0.3) is 0 Å². The van der Waals surface area contributed by atoms with E-state index in [1.54, 1.807) is 4.90 Å². The van der Waals surface area contributed by atoms with Gasteiger partial charge in [0.1, 0.15) is 0 Å². The van der Waals surface area contributed by atoms with Crippen molar-refractivity contribution in [2.24, 2.45) is 5.41 Å². The van der Waals surface area contributed by atoms with Crippen molar-refractivity contribution in [1.82, 2.24) is 10.2 Å². The smallest absolute Gasteiger partial charge is 0.317 e. The third kappa shape index (κ3) is 5.37. The lowest BCUT2D eigenvalue weighted by Crippen LogP contribution is -2.50. The Labute approximate surface area is 103 Å². The van der Waals surface area contributed by atoms with Crippen molar-refractivity contribution in [3.63, 3.8) is 0 Å². The van der Waals surface area contributed by atoms with Gasteiger partial charge in [-0.05, 0) is 11.8 Å². The molecule has 1 heterocycles. The lowest BCUT2D eigenvalue weighted by Gasteiger charge is -2.31. The summed E-state index contributed by atoms with van der Waals surface area (Å²) in [6, 6.07) is -0.276. The van der Waals surface area contributed by atoms with Gasteiger partial charge in [0.15, 0.2) is 0 Å². The van der Waals surface area contributed by atoms with Crippen LogP contribution in [0.2, 0.25) is 0 Å². The van der Waals surface area contributed by atoms with Gasteiger partial charge in [0.2, 0.25) is 0 Å². The highest BCUT2D eigenvalue weighted by Crippen LogP contribution is 2.20. The van der Waals surface area contributed by atoms with Crippen molar-refractivity contribution < 1.29 is 14.6 Å². The SMILES string of the molecule is CC(C)(C)CC(CO)NC(=O)N1CCOCC1. The van der Waals surface area contributed by atoms with Crippen molar-refractivity contribution >= 4 is 6.03 Å². The van der Waals surface area contributed by atoms with E-state index in [0.29, 0.717) is 26.3 Å². The first-order valence-electron chi connectivity index (χ1n) is 6.16. The summed E-state index contributed by atoms with van der Waals surface area (Å²) in [5.41, 5.74) is 0.0890. The Morgan fingerprint density at radius 3 is 2.47 bits per heavy atom. The predicted molar refractivity (Wildman–Crippen MR) is 65.9 cm³/mol. The highest BCUT2D eigenvalue weighted by Gasteiger charge is 2.23. The fourth-order valence-electron chi connectivity index (χ4n) is 1.93. The van der Waals surface area contributed by atoms with Gasteiger partial charge in [-0.2, -0.15) is 0 Å². The molecule has 17 heavy (non-hydrogen) atoms. The minimum absolute atomic E-state index is 0.0205. The van der Waals surface area contributed by atoms with Crippen molar-refractivity contribution in [3.05, 3.63) is 0 Å². The number of carbonyl (C=O) groups is 1. The quantitative estimate of drug-likeness (QED) is 0.773. The third-order valence-corrected chi connectivity index (χ3v) is 2.71. The molecule has 0 aromatic rings. The van der Waals surface area contributed by atoms with Gasteiger partial charge in [0.05, 0.1) is 25.9 Å². The summed E-state index contributed by atoms with van der Waals surface area (Å²) in [6.45, 7) is 8.70. The number of rotatable bonds is 3. The number of urea groups is 1. The summed E-state index contributed by atoms with van der Waals surface area (Å²) in [5.74, 6) is 0. The van der Waals surface area contributed by atoms with Crippen molar-refractivity contribution in [2.45, 2.75) is 33.2 Å². The number of morpholine rings is 1. The second-order valence-electron chi connectivity index (χ2n) is 5.69. The Bertz CT molecular complexity index is 245. The second kappa shape index (κ2) is 6.21. The largest absolute Gasteiger partial charge is 0.394 e. The van der Waals surface area contributed by atoms with E-state index in [9.17, 15) is 9.90 Å². The fourth-order valence-corrected chi connectivity index (χ4v) is 1.93. The molecular weight excluding hydrogens is 220 g/mol. The van der Waals surface area contributed by atoms with E-state index >= 15 is 0 Å². The molecule has 0 aliphatic carbocycles. The predicted octanol–water partition coefficient (Wildman–Crippen LogP) is 0.825. The number of aliphatic hydroxyl groups is 1. The van der Waals surface area contributed by atoms with Crippen LogP contribution in [0, 0.1) is 5.41 Å². The highest BCUT2D eigenvalue weighted by molar-refractivity contribution is 5.74. The zero-order valence-corrected chi connectivity index (χ0v) is 11.0. The molecule has 2 N–H and O–H groups in total. The number of nitrogens with zero attached hydrogens (tertiary/aromatic N) is 1. The second-order valence-corrected chi connectivity index (χ2v) is 5.69. The molecule has 0 saturated carbocycles. The van der Waals surface area contributed by atoms with Gasteiger partial charge < -0.3 is 20.1 Å². The maximum absolute atomic E-state index is 11.9. The lowest BCUT2D eigenvalue weighted by molar-refractivity contribution is 0.0512. The van der Waals surface area contributed by atoms with E-state index in [1.807, 2.05) is 0 Å². The lowest BCUT2D eigenvalue weighted by atomic mass is 9.88. The van der Waals surface area contributed by atoms with E-state index in [0.717, 1.165) is 6.42 Å². The van der Waals surface area contributed by atoms with Crippen LogP contribution in [0.1, 0.15) is 27.2 Å². The van der Waals surface area contributed by atoms with Crippen LogP contribution in [0.4, 0.5) is 4.79 Å². The topological polar surface area (TPSA) is 61.8 Å². The van der Waals surface area contributed by atoms with Crippen LogP contribution in [0.3, 0.4) is 0 Å². The molecule has 1 fully saturated rings. The zero-order valence-electron chi connectivity index (χ0n) is 11.0. The Morgan fingerprint density at radius 2 is 2.00 bits per heavy atom. The van der Waals surface area contributed by atoms with Crippen LogP contribution in [0.5, 0.6) is 0 Å². The number of aliphatic hydroxyl groups excluding tert-OH is 1. The van der Waals surface area contributed by atoms with Crippen LogP contribution >= 0.6 is 0 Å². The summed E-state index contributed by atoms with van der Waals surface area (Å²) in [5, 5.41) is 12.2. The van der Waals surface area contributed by atoms with Gasteiger partial charge in [-0.15, -0.1) is 0 Å². The molecule has 0 bridgehead atoms. The number of ether oxygens (including phenoxy) is 1. The van der Waals surface area contributed by atoms with E-state index in [2.05, 4.69) is 26.1 Å². The molecule has 5 heteroatoms. The van der Waals surface area contributed by atoms with Crippen LogP contribution in [-0.2, 0) is 4.74 Å². The molecule has 2 amide bonds. The van der Waals surface area contributed by atoms with Gasteiger partial charge in [0.25, 0.3) is 0 Å². The molecular formula is C12H24N2O3. The van der Waals surface area contributed by atoms with E-state index < -0.39 is 0 Å². The number of amides is 2. The van der Waals surface area contributed by atoms with E-state index in [1.165, 1.54) is 0 Å². The first-order chi connectivity index (χ1) is 7.92. The van der Waals surface area contributed by atoms with Crippen molar-refractivity contribution in [1.29, 1.82) is 0 Å². The summed E-state index contributed by atoms with van der Waals surface area (Å²) in [6.07, 6.45) is 0.763. The number of nitrogens with one attached hydrogen (secondary N) is 1. The van der Waals surface area contributed by atoms with Crippen LogP contribution < -0.4 is 5.32 Å². The minimum Gasteiger partial charge on any atom is -0.394 e. The summed E-state index contributed by atoms with van der Waals surface area (Å²) in [4.78, 5) is 13.6. The molecule has 1 aliphatic rings. The Balaban J connectivity index is 2.41. The molecule has 0 spiro atoms. The van der Waals surface area contributed by atoms with E-state index in [4.69, 9.17) is 4.74 Å². The van der Waals surface area contributed by atoms with Crippen molar-refractivity contribution in [3.8, 4) is 0 Å². The zero-order chi connectivity index (χ0) is 12.9. The molecule has 1 aliphatic heterocycles. The monoisotopic (exact) mass is 244 g/mol. The first kappa shape index (κ1) is 14.3. The van der Waals surface area contributed by atoms with Gasteiger partial charge >= 0.3 is 6.03 Å². The molecule has 1 unspecified atom stereocenters. The van der Waals surface area contributed by atoms with Crippen LogP contribution in [-0.4, -0.2) is 55.0 Å². The third-order valence-electron chi connectivity index (χ3n) is 2.71. The molecule has 1 rings (SSSR count). The number of hydrogen-bond donors (Lipinski definition) is 2. The van der Waals surface area contributed by atoms with Gasteiger partial charge in [-0.3, -0.25) is 0 Å². The fraction of sp³-hybridized carbons (Fsp3) is 0.917. The van der Waals surface area contributed by atoms with Gasteiger partial charge in [0, 0.05) is 13.1 Å². The normalized spacial score (nSPS) is 18.9. The molecule has 5 nitrogen and oxygen atoms in total. The molecule has 0 aromatic carbocycles. The maximum Gasteiger partial charge on any atom is 0.317 e. The number of hydrogen-bond acceptors (Lipinski definition) is 3. The van der Waals surface area contributed by atoms with Crippen molar-refractivity contribution in [2.75, 3.05) is 32.9 Å². The first-order valence-corrected chi connectivity index (χ1v) is 6.16. The maximum atomic E-state index is 11.9. The van der Waals surface area contributed by atoms with Gasteiger partial charge in [-0.1, -0.05) is 20.8 Å². The Hall–Kier alpha value is -0.810. The summed E-state index contributed by atoms with van der Waals surface area (Å²) < 4.78 is 5.19. The molecule has 0 radical (unpaired) electrons. The summed E-state index contributed by atoms with van der Waals surface area (Å²) >= 11 is 0. The minimum atomic E-state index is -0.176. The van der Waals surface area contributed by atoms with Crippen LogP contribution in [0.15, 0.2) is 0 Å².